The van der Waals surface area contributed by atoms with Crippen molar-refractivity contribution in [1.82, 2.24) is 4.98 Å². The number of aryl methyl sites for hydroxylation is 1. The molecule has 1 heterocycles. The maximum absolute atomic E-state index is 9.52. The molecule has 0 aliphatic carbocycles. The van der Waals surface area contributed by atoms with E-state index in [9.17, 15) is 5.11 Å². The molecule has 100 valence electrons. The highest BCUT2D eigenvalue weighted by molar-refractivity contribution is 6.30. The van der Waals surface area contributed by atoms with Crippen molar-refractivity contribution in [3.8, 4) is 11.5 Å². The third-order valence-electron chi connectivity index (χ3n) is 2.76. The van der Waals surface area contributed by atoms with Crippen LogP contribution in [-0.2, 0) is 6.54 Å². The maximum atomic E-state index is 9.52. The van der Waals surface area contributed by atoms with Gasteiger partial charge in [-0.1, -0.05) is 17.7 Å². The third kappa shape index (κ3) is 3.29. The first-order valence-corrected chi connectivity index (χ1v) is 6.20. The number of anilines is 1. The van der Waals surface area contributed by atoms with E-state index in [4.69, 9.17) is 16.3 Å². The summed E-state index contributed by atoms with van der Waals surface area (Å²) < 4.78 is 5.06. The molecule has 2 N–H and O–H groups in total. The predicted octanol–water partition coefficient (Wildman–Crippen LogP) is 3.37. The number of aromatic nitrogens is 1. The fourth-order valence-electron chi connectivity index (χ4n) is 1.69. The highest BCUT2D eigenvalue weighted by Gasteiger charge is 2.03. The molecule has 0 radical (unpaired) electrons. The Kier molecular flexibility index (Phi) is 4.12. The van der Waals surface area contributed by atoms with Gasteiger partial charge in [0, 0.05) is 6.54 Å². The Morgan fingerprint density at radius 2 is 2.16 bits per heavy atom. The first kappa shape index (κ1) is 13.5. The van der Waals surface area contributed by atoms with Crippen LogP contribution in [0.25, 0.3) is 0 Å². The molecular weight excluding hydrogens is 264 g/mol. The summed E-state index contributed by atoms with van der Waals surface area (Å²) in [4.78, 5) is 4.08. The summed E-state index contributed by atoms with van der Waals surface area (Å²) in [6, 6.07) is 7.17. The van der Waals surface area contributed by atoms with Crippen molar-refractivity contribution >= 4 is 17.3 Å². The molecule has 0 unspecified atom stereocenters. The molecule has 0 aliphatic rings. The monoisotopic (exact) mass is 278 g/mol. The van der Waals surface area contributed by atoms with Crippen LogP contribution in [0.3, 0.4) is 0 Å². The summed E-state index contributed by atoms with van der Waals surface area (Å²) in [5, 5.41) is 13.3. The van der Waals surface area contributed by atoms with Crippen LogP contribution in [0.4, 0.5) is 5.69 Å². The standard InChI is InChI=1S/C14H15ClN2O2/c1-9-5-11(8-17-14(9)15)16-7-10-3-4-12(18)13(6-10)19-2/h3-6,8,16,18H,7H2,1-2H3. The number of rotatable bonds is 4. The predicted molar refractivity (Wildman–Crippen MR) is 76.0 cm³/mol. The van der Waals surface area contributed by atoms with E-state index in [2.05, 4.69) is 10.3 Å². The molecule has 1 aromatic carbocycles. The van der Waals surface area contributed by atoms with Gasteiger partial charge in [0.2, 0.25) is 0 Å². The number of pyridine rings is 1. The van der Waals surface area contributed by atoms with Crippen molar-refractivity contribution in [1.29, 1.82) is 0 Å². The number of phenolic OH excluding ortho intramolecular Hbond substituents is 1. The van der Waals surface area contributed by atoms with Crippen LogP contribution in [0.15, 0.2) is 30.5 Å². The molecule has 5 heteroatoms. The van der Waals surface area contributed by atoms with Gasteiger partial charge in [-0.3, -0.25) is 0 Å². The van der Waals surface area contributed by atoms with Crippen molar-refractivity contribution in [3.63, 3.8) is 0 Å². The van der Waals surface area contributed by atoms with Crippen LogP contribution in [0.2, 0.25) is 5.15 Å². The average Bonchev–Trinajstić information content (AvgIpc) is 2.41. The number of aromatic hydroxyl groups is 1. The van der Waals surface area contributed by atoms with E-state index >= 15 is 0 Å². The molecule has 2 rings (SSSR count). The molecule has 2 aromatic rings. The largest absolute Gasteiger partial charge is 0.504 e. The number of hydrogen-bond donors (Lipinski definition) is 2. The van der Waals surface area contributed by atoms with Gasteiger partial charge in [-0.25, -0.2) is 4.98 Å². The minimum absolute atomic E-state index is 0.134. The Bertz CT molecular complexity index is 588. The summed E-state index contributed by atoms with van der Waals surface area (Å²) in [6.07, 6.45) is 1.69. The number of benzene rings is 1. The smallest absolute Gasteiger partial charge is 0.160 e. The van der Waals surface area contributed by atoms with E-state index < -0.39 is 0 Å². The van der Waals surface area contributed by atoms with E-state index in [1.807, 2.05) is 19.1 Å². The van der Waals surface area contributed by atoms with Crippen LogP contribution in [-0.4, -0.2) is 17.2 Å². The second-order valence-corrected chi connectivity index (χ2v) is 4.55. The second kappa shape index (κ2) is 5.80. The number of phenols is 1. The Morgan fingerprint density at radius 3 is 2.84 bits per heavy atom. The first-order valence-electron chi connectivity index (χ1n) is 5.82. The third-order valence-corrected chi connectivity index (χ3v) is 3.15. The van der Waals surface area contributed by atoms with Crippen LogP contribution in [0, 0.1) is 6.92 Å². The van der Waals surface area contributed by atoms with Gasteiger partial charge in [0.1, 0.15) is 5.15 Å². The lowest BCUT2D eigenvalue weighted by atomic mass is 10.2. The van der Waals surface area contributed by atoms with E-state index in [0.29, 0.717) is 17.4 Å². The maximum Gasteiger partial charge on any atom is 0.160 e. The van der Waals surface area contributed by atoms with Crippen LogP contribution in [0.1, 0.15) is 11.1 Å². The molecular formula is C14H15ClN2O2. The Hall–Kier alpha value is -1.94. The fraction of sp³-hybridized carbons (Fsp3) is 0.214. The summed E-state index contributed by atoms with van der Waals surface area (Å²) in [5.41, 5.74) is 2.83. The topological polar surface area (TPSA) is 54.4 Å². The first-order chi connectivity index (χ1) is 9.10. The van der Waals surface area contributed by atoms with Crippen molar-refractivity contribution in [2.24, 2.45) is 0 Å². The molecule has 0 atom stereocenters. The lowest BCUT2D eigenvalue weighted by Crippen LogP contribution is -2.00. The normalized spacial score (nSPS) is 10.3. The minimum atomic E-state index is 0.134. The van der Waals surface area contributed by atoms with Crippen molar-refractivity contribution in [2.45, 2.75) is 13.5 Å². The Morgan fingerprint density at radius 1 is 1.37 bits per heavy atom. The molecule has 19 heavy (non-hydrogen) atoms. The SMILES string of the molecule is COc1cc(CNc2cnc(Cl)c(C)c2)ccc1O. The van der Waals surface area contributed by atoms with Crippen LogP contribution in [0.5, 0.6) is 11.5 Å². The van der Waals surface area contributed by atoms with Crippen molar-refractivity contribution in [2.75, 3.05) is 12.4 Å². The molecule has 0 amide bonds. The fourth-order valence-corrected chi connectivity index (χ4v) is 1.79. The van der Waals surface area contributed by atoms with Crippen molar-refractivity contribution in [3.05, 3.63) is 46.7 Å². The van der Waals surface area contributed by atoms with E-state index in [1.165, 1.54) is 7.11 Å². The lowest BCUT2D eigenvalue weighted by Gasteiger charge is -2.09. The van der Waals surface area contributed by atoms with Crippen LogP contribution >= 0.6 is 11.6 Å². The molecule has 0 bridgehead atoms. The zero-order valence-corrected chi connectivity index (χ0v) is 11.5. The number of nitrogens with zero attached hydrogens (tertiary/aromatic N) is 1. The number of methoxy groups -OCH3 is 1. The summed E-state index contributed by atoms with van der Waals surface area (Å²) in [7, 11) is 1.53. The average molecular weight is 279 g/mol. The van der Waals surface area contributed by atoms with Gasteiger partial charge in [-0.15, -0.1) is 0 Å². The van der Waals surface area contributed by atoms with Gasteiger partial charge in [0.15, 0.2) is 11.5 Å². The highest BCUT2D eigenvalue weighted by atomic mass is 35.5. The van der Waals surface area contributed by atoms with Gasteiger partial charge in [-0.2, -0.15) is 0 Å². The quantitative estimate of drug-likeness (QED) is 0.842. The van der Waals surface area contributed by atoms with Gasteiger partial charge in [0.05, 0.1) is 19.0 Å². The molecule has 4 nitrogen and oxygen atoms in total. The van der Waals surface area contributed by atoms with Gasteiger partial charge in [0.25, 0.3) is 0 Å². The second-order valence-electron chi connectivity index (χ2n) is 4.19. The Balaban J connectivity index is 2.07. The molecule has 0 saturated heterocycles. The minimum Gasteiger partial charge on any atom is -0.504 e. The number of nitrogens with one attached hydrogen (secondary N) is 1. The van der Waals surface area contributed by atoms with Crippen molar-refractivity contribution < 1.29 is 9.84 Å². The highest BCUT2D eigenvalue weighted by Crippen LogP contribution is 2.26. The zero-order valence-electron chi connectivity index (χ0n) is 10.8. The summed E-state index contributed by atoms with van der Waals surface area (Å²) >= 11 is 5.87. The number of halogens is 1. The van der Waals surface area contributed by atoms with E-state index in [-0.39, 0.29) is 5.75 Å². The number of ether oxygens (including phenoxy) is 1. The molecule has 0 saturated carbocycles. The Labute approximate surface area is 117 Å². The molecule has 0 spiro atoms. The molecule has 1 aromatic heterocycles. The summed E-state index contributed by atoms with van der Waals surface area (Å²) in [5.74, 6) is 0.597. The zero-order chi connectivity index (χ0) is 13.8. The molecule has 0 fully saturated rings. The van der Waals surface area contributed by atoms with Crippen LogP contribution < -0.4 is 10.1 Å². The van der Waals surface area contributed by atoms with Gasteiger partial charge < -0.3 is 15.2 Å². The lowest BCUT2D eigenvalue weighted by molar-refractivity contribution is 0.373. The summed E-state index contributed by atoms with van der Waals surface area (Å²) in [6.45, 7) is 2.52. The van der Waals surface area contributed by atoms with Gasteiger partial charge in [-0.05, 0) is 36.2 Å². The number of hydrogen-bond acceptors (Lipinski definition) is 4. The van der Waals surface area contributed by atoms with E-state index in [1.54, 1.807) is 18.3 Å². The van der Waals surface area contributed by atoms with E-state index in [0.717, 1.165) is 16.8 Å². The molecule has 0 aliphatic heterocycles. The van der Waals surface area contributed by atoms with Gasteiger partial charge >= 0.3 is 0 Å².